The Labute approximate surface area is 120 Å². The third kappa shape index (κ3) is 3.09. The van der Waals surface area contributed by atoms with Gasteiger partial charge in [0.05, 0.1) is 0 Å². The summed E-state index contributed by atoms with van der Waals surface area (Å²) in [6, 6.07) is 14.0. The molecule has 0 bridgehead atoms. The summed E-state index contributed by atoms with van der Waals surface area (Å²) in [5, 5.41) is 3.32. The van der Waals surface area contributed by atoms with E-state index in [1.807, 2.05) is 49.4 Å². The molecule has 2 rings (SSSR count). The van der Waals surface area contributed by atoms with E-state index >= 15 is 0 Å². The summed E-state index contributed by atoms with van der Waals surface area (Å²) >= 11 is 8.52. The molecule has 0 atom stereocenters. The third-order valence-corrected chi connectivity index (χ3v) is 3.26. The van der Waals surface area contributed by atoms with Crippen LogP contribution >= 0.6 is 28.1 Å². The Morgan fingerprint density at radius 2 is 2.00 bits per heavy atom. The molecule has 3 N–H and O–H groups in total. The molecule has 0 fully saturated rings. The molecule has 2 nitrogen and oxygen atoms in total. The lowest BCUT2D eigenvalue weighted by Gasteiger charge is -2.12. The van der Waals surface area contributed by atoms with Crippen molar-refractivity contribution in [1.82, 2.24) is 0 Å². The minimum Gasteiger partial charge on any atom is -0.389 e. The van der Waals surface area contributed by atoms with E-state index in [1.165, 1.54) is 0 Å². The molecular formula is C14H13BrN2S. The molecule has 0 aliphatic carbocycles. The average molecular weight is 321 g/mol. The zero-order valence-electron chi connectivity index (χ0n) is 9.91. The first-order valence-electron chi connectivity index (χ1n) is 5.49. The maximum absolute atomic E-state index is 5.75. The van der Waals surface area contributed by atoms with Crippen LogP contribution < -0.4 is 11.1 Å². The van der Waals surface area contributed by atoms with Gasteiger partial charge in [-0.05, 0) is 37.3 Å². The zero-order valence-corrected chi connectivity index (χ0v) is 12.3. The first-order valence-corrected chi connectivity index (χ1v) is 6.69. The van der Waals surface area contributed by atoms with Gasteiger partial charge in [0.25, 0.3) is 0 Å². The van der Waals surface area contributed by atoms with Gasteiger partial charge in [0.1, 0.15) is 4.99 Å². The summed E-state index contributed by atoms with van der Waals surface area (Å²) in [6.45, 7) is 2.02. The van der Waals surface area contributed by atoms with Crippen molar-refractivity contribution in [3.63, 3.8) is 0 Å². The molecule has 0 radical (unpaired) electrons. The molecule has 0 saturated carbocycles. The van der Waals surface area contributed by atoms with Crippen molar-refractivity contribution in [2.24, 2.45) is 5.73 Å². The smallest absolute Gasteiger partial charge is 0.106 e. The molecule has 0 aliphatic rings. The number of thiocarbonyl (C=S) groups is 1. The van der Waals surface area contributed by atoms with Gasteiger partial charge in [-0.2, -0.15) is 0 Å². The van der Waals surface area contributed by atoms with Crippen LogP contribution in [-0.2, 0) is 0 Å². The Balaban J connectivity index is 2.37. The second-order valence-corrected chi connectivity index (χ2v) is 5.40. The van der Waals surface area contributed by atoms with E-state index in [0.717, 1.165) is 27.0 Å². The van der Waals surface area contributed by atoms with E-state index < -0.39 is 0 Å². The Kier molecular flexibility index (Phi) is 3.99. The topological polar surface area (TPSA) is 38.0 Å². The maximum Gasteiger partial charge on any atom is 0.106 e. The van der Waals surface area contributed by atoms with Gasteiger partial charge in [0.15, 0.2) is 0 Å². The van der Waals surface area contributed by atoms with Gasteiger partial charge < -0.3 is 11.1 Å². The summed E-state index contributed by atoms with van der Waals surface area (Å²) in [7, 11) is 0. The van der Waals surface area contributed by atoms with Crippen LogP contribution in [0, 0.1) is 6.92 Å². The quantitative estimate of drug-likeness (QED) is 0.835. The molecule has 4 heteroatoms. The van der Waals surface area contributed by atoms with Crippen molar-refractivity contribution >= 4 is 44.5 Å². The molecule has 18 heavy (non-hydrogen) atoms. The third-order valence-electron chi connectivity index (χ3n) is 2.54. The molecular weight excluding hydrogens is 308 g/mol. The molecule has 0 saturated heterocycles. The maximum atomic E-state index is 5.75. The number of halogens is 1. The lowest BCUT2D eigenvalue weighted by Crippen LogP contribution is -2.12. The van der Waals surface area contributed by atoms with Gasteiger partial charge in [-0.3, -0.25) is 0 Å². The summed E-state index contributed by atoms with van der Waals surface area (Å²) in [6.07, 6.45) is 0. The van der Waals surface area contributed by atoms with E-state index in [0.29, 0.717) is 4.99 Å². The van der Waals surface area contributed by atoms with Crippen LogP contribution in [0.4, 0.5) is 11.4 Å². The van der Waals surface area contributed by atoms with E-state index in [2.05, 4.69) is 21.2 Å². The molecule has 2 aromatic rings. The molecule has 2 aromatic carbocycles. The highest BCUT2D eigenvalue weighted by atomic mass is 79.9. The number of anilines is 2. The summed E-state index contributed by atoms with van der Waals surface area (Å²) < 4.78 is 1.02. The summed E-state index contributed by atoms with van der Waals surface area (Å²) in [5.41, 5.74) is 9.67. The van der Waals surface area contributed by atoms with Crippen molar-refractivity contribution < 1.29 is 0 Å². The van der Waals surface area contributed by atoms with Crippen molar-refractivity contribution in [3.8, 4) is 0 Å². The Bertz CT molecular complexity index is 596. The fraction of sp³-hybridized carbons (Fsp3) is 0.0714. The lowest BCUT2D eigenvalue weighted by atomic mass is 10.1. The Hall–Kier alpha value is -1.39. The van der Waals surface area contributed by atoms with Crippen LogP contribution in [0.1, 0.15) is 11.1 Å². The monoisotopic (exact) mass is 320 g/mol. The number of benzene rings is 2. The van der Waals surface area contributed by atoms with Crippen LogP contribution in [0.2, 0.25) is 0 Å². The van der Waals surface area contributed by atoms with Crippen molar-refractivity contribution in [2.75, 3.05) is 5.32 Å². The van der Waals surface area contributed by atoms with Crippen molar-refractivity contribution in [2.45, 2.75) is 6.92 Å². The fourth-order valence-corrected chi connectivity index (χ4v) is 2.26. The predicted octanol–water partition coefficient (Wildman–Crippen LogP) is 4.14. The minimum atomic E-state index is 0.399. The number of nitrogens with two attached hydrogens (primary N) is 1. The molecule has 92 valence electrons. The SMILES string of the molecule is Cc1ccc(Nc2cccc(Br)c2)c(C(N)=S)c1. The van der Waals surface area contributed by atoms with E-state index in [4.69, 9.17) is 18.0 Å². The minimum absolute atomic E-state index is 0.399. The van der Waals surface area contributed by atoms with Crippen LogP contribution in [0.5, 0.6) is 0 Å². The second kappa shape index (κ2) is 5.50. The first kappa shape index (κ1) is 13.1. The van der Waals surface area contributed by atoms with Crippen molar-refractivity contribution in [1.29, 1.82) is 0 Å². The van der Waals surface area contributed by atoms with Gasteiger partial charge in [-0.15, -0.1) is 0 Å². The van der Waals surface area contributed by atoms with Gasteiger partial charge in [-0.25, -0.2) is 0 Å². The van der Waals surface area contributed by atoms with Gasteiger partial charge in [0, 0.05) is 21.4 Å². The number of aryl methyl sites for hydroxylation is 1. The van der Waals surface area contributed by atoms with Crippen molar-refractivity contribution in [3.05, 3.63) is 58.1 Å². The highest BCUT2D eigenvalue weighted by molar-refractivity contribution is 9.10. The van der Waals surface area contributed by atoms with E-state index in [-0.39, 0.29) is 0 Å². The Morgan fingerprint density at radius 1 is 1.22 bits per heavy atom. The van der Waals surface area contributed by atoms with Gasteiger partial charge >= 0.3 is 0 Å². The number of rotatable bonds is 3. The van der Waals surface area contributed by atoms with Gasteiger partial charge in [-0.1, -0.05) is 45.8 Å². The highest BCUT2D eigenvalue weighted by Gasteiger charge is 2.06. The van der Waals surface area contributed by atoms with Crippen LogP contribution in [0.3, 0.4) is 0 Å². The zero-order chi connectivity index (χ0) is 13.1. The Morgan fingerprint density at radius 3 is 2.67 bits per heavy atom. The molecule has 0 amide bonds. The van der Waals surface area contributed by atoms with Crippen LogP contribution in [0.25, 0.3) is 0 Å². The lowest BCUT2D eigenvalue weighted by molar-refractivity contribution is 1.43. The molecule has 0 unspecified atom stereocenters. The first-order chi connectivity index (χ1) is 8.56. The predicted molar refractivity (Wildman–Crippen MR) is 84.5 cm³/mol. The van der Waals surface area contributed by atoms with Gasteiger partial charge in [0.2, 0.25) is 0 Å². The molecule has 0 aromatic heterocycles. The van der Waals surface area contributed by atoms with Crippen LogP contribution in [-0.4, -0.2) is 4.99 Å². The molecule has 0 spiro atoms. The number of nitrogens with one attached hydrogen (secondary N) is 1. The highest BCUT2D eigenvalue weighted by Crippen LogP contribution is 2.24. The summed E-state index contributed by atoms with van der Waals surface area (Å²) in [4.78, 5) is 0.399. The summed E-state index contributed by atoms with van der Waals surface area (Å²) in [5.74, 6) is 0. The van der Waals surface area contributed by atoms with Crippen LogP contribution in [0.15, 0.2) is 46.9 Å². The fourth-order valence-electron chi connectivity index (χ4n) is 1.69. The van der Waals surface area contributed by atoms with E-state index in [1.54, 1.807) is 0 Å². The molecule has 0 heterocycles. The number of hydrogen-bond donors (Lipinski definition) is 2. The standard InChI is InChI=1S/C14H13BrN2S/c1-9-5-6-13(12(7-9)14(16)18)17-11-4-2-3-10(15)8-11/h2-8,17H,1H3,(H2,16,18). The largest absolute Gasteiger partial charge is 0.389 e. The average Bonchev–Trinajstić information content (AvgIpc) is 2.31. The normalized spacial score (nSPS) is 10.1. The number of hydrogen-bond acceptors (Lipinski definition) is 2. The second-order valence-electron chi connectivity index (χ2n) is 4.05. The van der Waals surface area contributed by atoms with E-state index in [9.17, 15) is 0 Å². The molecule has 0 aliphatic heterocycles.